The van der Waals surface area contributed by atoms with E-state index in [4.69, 9.17) is 0 Å². The van der Waals surface area contributed by atoms with Crippen LogP contribution in [0.15, 0.2) is 48.8 Å². The van der Waals surface area contributed by atoms with E-state index in [1.165, 1.54) is 5.56 Å². The molecule has 1 N–H and O–H groups in total. The summed E-state index contributed by atoms with van der Waals surface area (Å²) < 4.78 is 0. The molecule has 1 fully saturated rings. The standard InChI is InChI=1S/C20H25N3O/c1-13-15(14-9-6-5-7-10-14)16(13)19(24)23-17(20(2,3)4)18-21-11-8-12-22-18/h5-13,15-17H,1-4H3,(H,23,24). The van der Waals surface area contributed by atoms with Crippen molar-refractivity contribution in [2.45, 2.75) is 39.7 Å². The Morgan fingerprint density at radius 1 is 1.08 bits per heavy atom. The van der Waals surface area contributed by atoms with Crippen LogP contribution in [0.5, 0.6) is 0 Å². The number of hydrogen-bond acceptors (Lipinski definition) is 3. The fourth-order valence-electron chi connectivity index (χ4n) is 3.42. The predicted molar refractivity (Wildman–Crippen MR) is 94.2 cm³/mol. The van der Waals surface area contributed by atoms with E-state index < -0.39 is 0 Å². The van der Waals surface area contributed by atoms with Crippen LogP contribution >= 0.6 is 0 Å². The zero-order valence-electron chi connectivity index (χ0n) is 14.7. The van der Waals surface area contributed by atoms with Crippen molar-refractivity contribution in [3.8, 4) is 0 Å². The van der Waals surface area contributed by atoms with Gasteiger partial charge in [-0.05, 0) is 28.9 Å². The van der Waals surface area contributed by atoms with Crippen LogP contribution in [0.3, 0.4) is 0 Å². The van der Waals surface area contributed by atoms with Gasteiger partial charge >= 0.3 is 0 Å². The summed E-state index contributed by atoms with van der Waals surface area (Å²) in [5.74, 6) is 1.47. The first kappa shape index (κ1) is 16.6. The van der Waals surface area contributed by atoms with Crippen molar-refractivity contribution < 1.29 is 4.79 Å². The van der Waals surface area contributed by atoms with Gasteiger partial charge in [-0.1, -0.05) is 58.0 Å². The van der Waals surface area contributed by atoms with Crippen LogP contribution in [0.2, 0.25) is 0 Å². The van der Waals surface area contributed by atoms with E-state index in [0.717, 1.165) is 0 Å². The van der Waals surface area contributed by atoms with Crippen LogP contribution in [0.25, 0.3) is 0 Å². The average Bonchev–Trinajstić information content (AvgIpc) is 3.24. The van der Waals surface area contributed by atoms with E-state index >= 15 is 0 Å². The molecule has 0 spiro atoms. The van der Waals surface area contributed by atoms with Gasteiger partial charge in [-0.3, -0.25) is 4.79 Å². The van der Waals surface area contributed by atoms with Crippen molar-refractivity contribution in [3.63, 3.8) is 0 Å². The van der Waals surface area contributed by atoms with Gasteiger partial charge in [-0.15, -0.1) is 0 Å². The maximum absolute atomic E-state index is 12.9. The van der Waals surface area contributed by atoms with Gasteiger partial charge in [0.25, 0.3) is 0 Å². The number of nitrogens with one attached hydrogen (secondary N) is 1. The molecule has 1 aliphatic carbocycles. The molecule has 4 heteroatoms. The fraction of sp³-hybridized carbons (Fsp3) is 0.450. The third kappa shape index (κ3) is 3.32. The predicted octanol–water partition coefficient (Wildman–Crippen LogP) is 3.73. The maximum atomic E-state index is 12.9. The van der Waals surface area contributed by atoms with Gasteiger partial charge in [0.2, 0.25) is 5.91 Å². The second kappa shape index (κ2) is 6.34. The topological polar surface area (TPSA) is 54.9 Å². The summed E-state index contributed by atoms with van der Waals surface area (Å²) in [5, 5.41) is 3.20. The number of hydrogen-bond donors (Lipinski definition) is 1. The summed E-state index contributed by atoms with van der Waals surface area (Å²) in [4.78, 5) is 21.6. The van der Waals surface area contributed by atoms with Crippen LogP contribution < -0.4 is 5.32 Å². The second-order valence-electron chi connectivity index (χ2n) is 7.74. The third-order valence-corrected chi connectivity index (χ3v) is 4.86. The lowest BCUT2D eigenvalue weighted by molar-refractivity contribution is -0.124. The maximum Gasteiger partial charge on any atom is 0.224 e. The highest BCUT2D eigenvalue weighted by Gasteiger charge is 2.53. The van der Waals surface area contributed by atoms with Gasteiger partial charge in [0.15, 0.2) is 5.82 Å². The number of aromatic nitrogens is 2. The molecule has 1 saturated carbocycles. The van der Waals surface area contributed by atoms with Crippen LogP contribution in [-0.2, 0) is 4.79 Å². The molecule has 1 aromatic heterocycles. The molecule has 0 radical (unpaired) electrons. The Hall–Kier alpha value is -2.23. The van der Waals surface area contributed by atoms with E-state index in [2.05, 4.69) is 55.1 Å². The molecular weight excluding hydrogens is 298 g/mol. The van der Waals surface area contributed by atoms with Crippen molar-refractivity contribution in [1.82, 2.24) is 15.3 Å². The van der Waals surface area contributed by atoms with E-state index in [-0.39, 0.29) is 23.3 Å². The Bertz CT molecular complexity index is 694. The van der Waals surface area contributed by atoms with Crippen LogP contribution in [0.1, 0.15) is 51.0 Å². The Morgan fingerprint density at radius 3 is 2.29 bits per heavy atom. The summed E-state index contributed by atoms with van der Waals surface area (Å²) in [6, 6.07) is 11.9. The molecular formula is C20H25N3O. The number of benzene rings is 1. The Labute approximate surface area is 143 Å². The average molecular weight is 323 g/mol. The minimum absolute atomic E-state index is 0.0287. The fourth-order valence-corrected chi connectivity index (χ4v) is 3.42. The van der Waals surface area contributed by atoms with Gasteiger partial charge < -0.3 is 5.32 Å². The van der Waals surface area contributed by atoms with Crippen molar-refractivity contribution in [1.29, 1.82) is 0 Å². The van der Waals surface area contributed by atoms with E-state index in [1.54, 1.807) is 18.5 Å². The Morgan fingerprint density at radius 2 is 1.71 bits per heavy atom. The SMILES string of the molecule is CC1C(C(=O)NC(c2ncccn2)C(C)(C)C)C1c1ccccc1. The lowest BCUT2D eigenvalue weighted by Gasteiger charge is -2.30. The van der Waals surface area contributed by atoms with Gasteiger partial charge in [0.05, 0.1) is 6.04 Å². The second-order valence-corrected chi connectivity index (χ2v) is 7.74. The van der Waals surface area contributed by atoms with Gasteiger partial charge in [-0.25, -0.2) is 9.97 Å². The molecule has 2 aromatic rings. The Balaban J connectivity index is 1.76. The molecule has 0 saturated heterocycles. The zero-order valence-corrected chi connectivity index (χ0v) is 14.7. The van der Waals surface area contributed by atoms with Crippen molar-refractivity contribution in [2.75, 3.05) is 0 Å². The largest absolute Gasteiger partial charge is 0.345 e. The van der Waals surface area contributed by atoms with Crippen molar-refractivity contribution in [3.05, 3.63) is 60.2 Å². The first-order chi connectivity index (χ1) is 11.4. The highest BCUT2D eigenvalue weighted by atomic mass is 16.2. The molecule has 1 heterocycles. The summed E-state index contributed by atoms with van der Waals surface area (Å²) in [6.07, 6.45) is 3.44. The Kier molecular flexibility index (Phi) is 4.39. The minimum Gasteiger partial charge on any atom is -0.345 e. The molecule has 3 rings (SSSR count). The van der Waals surface area contributed by atoms with Crippen molar-refractivity contribution >= 4 is 5.91 Å². The molecule has 0 aliphatic heterocycles. The molecule has 4 unspecified atom stereocenters. The normalized spacial score (nSPS) is 24.2. The molecule has 4 nitrogen and oxygen atoms in total. The third-order valence-electron chi connectivity index (χ3n) is 4.86. The van der Waals surface area contributed by atoms with E-state index in [9.17, 15) is 4.79 Å². The number of nitrogens with zero attached hydrogens (tertiary/aromatic N) is 2. The summed E-state index contributed by atoms with van der Waals surface area (Å²) >= 11 is 0. The highest BCUT2D eigenvalue weighted by molar-refractivity contribution is 5.84. The minimum atomic E-state index is -0.199. The first-order valence-electron chi connectivity index (χ1n) is 8.52. The first-order valence-corrected chi connectivity index (χ1v) is 8.52. The molecule has 0 bridgehead atoms. The molecule has 1 amide bonds. The zero-order chi connectivity index (χ0) is 17.3. The van der Waals surface area contributed by atoms with E-state index in [0.29, 0.717) is 17.7 Å². The lowest BCUT2D eigenvalue weighted by Crippen LogP contribution is -2.38. The van der Waals surface area contributed by atoms with Gasteiger partial charge in [0.1, 0.15) is 0 Å². The van der Waals surface area contributed by atoms with Crippen LogP contribution in [0, 0.1) is 17.3 Å². The quantitative estimate of drug-likeness (QED) is 0.933. The number of carbonyl (C=O) groups is 1. The molecule has 1 aliphatic rings. The molecule has 1 aromatic carbocycles. The lowest BCUT2D eigenvalue weighted by atomic mass is 9.86. The van der Waals surface area contributed by atoms with Crippen LogP contribution in [0.4, 0.5) is 0 Å². The van der Waals surface area contributed by atoms with Gasteiger partial charge in [-0.2, -0.15) is 0 Å². The van der Waals surface area contributed by atoms with Gasteiger partial charge in [0, 0.05) is 18.3 Å². The summed E-state index contributed by atoms with van der Waals surface area (Å²) in [6.45, 7) is 8.44. The van der Waals surface area contributed by atoms with Crippen LogP contribution in [-0.4, -0.2) is 15.9 Å². The number of amides is 1. The molecule has 4 atom stereocenters. The number of rotatable bonds is 4. The van der Waals surface area contributed by atoms with Crippen molar-refractivity contribution in [2.24, 2.45) is 17.3 Å². The molecule has 24 heavy (non-hydrogen) atoms. The summed E-state index contributed by atoms with van der Waals surface area (Å²) in [7, 11) is 0. The number of carbonyl (C=O) groups excluding carboxylic acids is 1. The summed E-state index contributed by atoms with van der Waals surface area (Å²) in [5.41, 5.74) is 1.09. The molecule has 126 valence electrons. The monoisotopic (exact) mass is 323 g/mol. The smallest absolute Gasteiger partial charge is 0.224 e. The van der Waals surface area contributed by atoms with E-state index in [1.807, 2.05) is 18.2 Å². The highest BCUT2D eigenvalue weighted by Crippen LogP contribution is 2.54.